The molecule has 0 atom stereocenters. The molecule has 0 heterocycles. The number of hydrogen-bond acceptors (Lipinski definition) is 4. The van der Waals surface area contributed by atoms with E-state index < -0.39 is 11.7 Å². The van der Waals surface area contributed by atoms with Crippen LogP contribution < -0.4 is 14.8 Å². The molecule has 0 aliphatic rings. The molecule has 146 valence electrons. The quantitative estimate of drug-likeness (QED) is 0.622. The molecule has 0 radical (unpaired) electrons. The van der Waals surface area contributed by atoms with Gasteiger partial charge in [-0.1, -0.05) is 13.8 Å². The number of nitrogens with zero attached hydrogens (tertiary/aromatic N) is 1. The first-order chi connectivity index (χ1) is 13.0. The first-order valence-corrected chi connectivity index (χ1v) is 9.57. The van der Waals surface area contributed by atoms with E-state index in [0.717, 1.165) is 19.6 Å². The van der Waals surface area contributed by atoms with Crippen molar-refractivity contribution in [2.45, 2.75) is 13.8 Å². The SMILES string of the molecule is CCN(CC)CCOc1cc(NC(=O)c2cc(F)ccc2Br)ccc1OC. The Kier molecular flexibility index (Phi) is 8.06. The average Bonchev–Trinajstić information content (AvgIpc) is 2.67. The van der Waals surface area contributed by atoms with Crippen molar-refractivity contribution in [2.24, 2.45) is 0 Å². The van der Waals surface area contributed by atoms with Crippen LogP contribution in [0.3, 0.4) is 0 Å². The van der Waals surface area contributed by atoms with Gasteiger partial charge in [-0.3, -0.25) is 4.79 Å². The normalized spacial score (nSPS) is 10.7. The van der Waals surface area contributed by atoms with E-state index in [0.29, 0.717) is 28.3 Å². The van der Waals surface area contributed by atoms with E-state index in [-0.39, 0.29) is 5.56 Å². The average molecular weight is 439 g/mol. The summed E-state index contributed by atoms with van der Waals surface area (Å²) in [6.07, 6.45) is 0. The maximum Gasteiger partial charge on any atom is 0.256 e. The third kappa shape index (κ3) is 5.94. The molecule has 2 rings (SSSR count). The molecule has 0 saturated heterocycles. The van der Waals surface area contributed by atoms with E-state index in [1.165, 1.54) is 18.2 Å². The molecule has 2 aromatic rings. The van der Waals surface area contributed by atoms with Crippen molar-refractivity contribution in [3.05, 3.63) is 52.3 Å². The van der Waals surface area contributed by atoms with Crippen LogP contribution in [-0.4, -0.2) is 44.2 Å². The number of hydrogen-bond donors (Lipinski definition) is 1. The minimum atomic E-state index is -0.474. The second-order valence-electron chi connectivity index (χ2n) is 5.82. The Hall–Kier alpha value is -2.12. The molecular weight excluding hydrogens is 415 g/mol. The Morgan fingerprint density at radius 2 is 1.89 bits per heavy atom. The van der Waals surface area contributed by atoms with Crippen molar-refractivity contribution >= 4 is 27.5 Å². The summed E-state index contributed by atoms with van der Waals surface area (Å²) in [7, 11) is 1.56. The number of ether oxygens (including phenoxy) is 2. The first kappa shape index (κ1) is 21.2. The summed E-state index contributed by atoms with van der Waals surface area (Å²) < 4.78 is 25.1. The van der Waals surface area contributed by atoms with Gasteiger partial charge in [0.1, 0.15) is 12.4 Å². The van der Waals surface area contributed by atoms with Crippen LogP contribution in [0, 0.1) is 5.82 Å². The number of carbonyl (C=O) groups is 1. The van der Waals surface area contributed by atoms with Crippen molar-refractivity contribution in [3.63, 3.8) is 0 Å². The molecule has 0 aromatic heterocycles. The van der Waals surface area contributed by atoms with Crippen LogP contribution in [0.4, 0.5) is 10.1 Å². The van der Waals surface area contributed by atoms with Crippen molar-refractivity contribution in [2.75, 3.05) is 38.7 Å². The van der Waals surface area contributed by atoms with E-state index in [1.807, 2.05) is 0 Å². The second kappa shape index (κ2) is 10.3. The maximum absolute atomic E-state index is 13.4. The smallest absolute Gasteiger partial charge is 0.256 e. The van der Waals surface area contributed by atoms with Crippen molar-refractivity contribution < 1.29 is 18.7 Å². The summed E-state index contributed by atoms with van der Waals surface area (Å²) in [6, 6.07) is 9.11. The lowest BCUT2D eigenvalue weighted by atomic mass is 10.2. The number of amides is 1. The van der Waals surface area contributed by atoms with Gasteiger partial charge >= 0.3 is 0 Å². The van der Waals surface area contributed by atoms with Gasteiger partial charge in [0.15, 0.2) is 11.5 Å². The van der Waals surface area contributed by atoms with Gasteiger partial charge in [-0.15, -0.1) is 0 Å². The van der Waals surface area contributed by atoms with Crippen molar-refractivity contribution in [1.29, 1.82) is 0 Å². The lowest BCUT2D eigenvalue weighted by molar-refractivity contribution is 0.102. The fourth-order valence-electron chi connectivity index (χ4n) is 2.56. The molecule has 1 N–H and O–H groups in total. The number of benzene rings is 2. The van der Waals surface area contributed by atoms with Crippen LogP contribution >= 0.6 is 15.9 Å². The van der Waals surface area contributed by atoms with Crippen LogP contribution in [0.25, 0.3) is 0 Å². The van der Waals surface area contributed by atoms with E-state index in [4.69, 9.17) is 9.47 Å². The molecule has 0 aliphatic carbocycles. The topological polar surface area (TPSA) is 50.8 Å². The Labute approximate surface area is 167 Å². The molecule has 2 aromatic carbocycles. The molecule has 0 bridgehead atoms. The number of anilines is 1. The van der Waals surface area contributed by atoms with Crippen LogP contribution in [0.2, 0.25) is 0 Å². The standard InChI is InChI=1S/C20H24BrFN2O3/c1-4-24(5-2)10-11-27-19-13-15(7-9-18(19)26-3)23-20(25)16-12-14(22)6-8-17(16)21/h6-9,12-13H,4-5,10-11H2,1-3H3,(H,23,25). The molecule has 27 heavy (non-hydrogen) atoms. The summed E-state index contributed by atoms with van der Waals surface area (Å²) >= 11 is 3.27. The summed E-state index contributed by atoms with van der Waals surface area (Å²) in [6.45, 7) is 7.41. The van der Waals surface area contributed by atoms with Crippen LogP contribution in [0.1, 0.15) is 24.2 Å². The Morgan fingerprint density at radius 3 is 2.56 bits per heavy atom. The van der Waals surface area contributed by atoms with Gasteiger partial charge in [-0.05, 0) is 59.4 Å². The number of methoxy groups -OCH3 is 1. The largest absolute Gasteiger partial charge is 0.493 e. The number of nitrogens with one attached hydrogen (secondary N) is 1. The van der Waals surface area contributed by atoms with E-state index >= 15 is 0 Å². The van der Waals surface area contributed by atoms with Crippen molar-refractivity contribution in [1.82, 2.24) is 4.90 Å². The fourth-order valence-corrected chi connectivity index (χ4v) is 2.99. The number of halogens is 2. The molecule has 5 nitrogen and oxygen atoms in total. The number of likely N-dealkylation sites (N-methyl/N-ethyl adjacent to an activating group) is 1. The highest BCUT2D eigenvalue weighted by Crippen LogP contribution is 2.30. The molecule has 0 aliphatic heterocycles. The van der Waals surface area contributed by atoms with E-state index in [1.54, 1.807) is 25.3 Å². The number of carbonyl (C=O) groups excluding carboxylic acids is 1. The number of rotatable bonds is 9. The summed E-state index contributed by atoms with van der Waals surface area (Å²) in [4.78, 5) is 14.7. The minimum absolute atomic E-state index is 0.217. The van der Waals surface area contributed by atoms with Gasteiger partial charge in [0.05, 0.1) is 12.7 Å². The highest BCUT2D eigenvalue weighted by molar-refractivity contribution is 9.10. The van der Waals surface area contributed by atoms with Crippen LogP contribution in [0.15, 0.2) is 40.9 Å². The van der Waals surface area contributed by atoms with Crippen LogP contribution in [0.5, 0.6) is 11.5 Å². The van der Waals surface area contributed by atoms with Gasteiger partial charge in [0.2, 0.25) is 0 Å². The summed E-state index contributed by atoms with van der Waals surface area (Å²) in [5.74, 6) is 0.236. The Balaban J connectivity index is 2.11. The molecule has 7 heteroatoms. The molecule has 0 spiro atoms. The van der Waals surface area contributed by atoms with Crippen LogP contribution in [-0.2, 0) is 0 Å². The lowest BCUT2D eigenvalue weighted by Crippen LogP contribution is -2.28. The summed E-state index contributed by atoms with van der Waals surface area (Å²) in [5, 5.41) is 2.76. The van der Waals surface area contributed by atoms with Gasteiger partial charge < -0.3 is 19.7 Å². The Bertz CT molecular complexity index is 782. The minimum Gasteiger partial charge on any atom is -0.493 e. The fraction of sp³-hybridized carbons (Fsp3) is 0.350. The summed E-state index contributed by atoms with van der Waals surface area (Å²) in [5.41, 5.74) is 0.754. The third-order valence-electron chi connectivity index (χ3n) is 4.15. The van der Waals surface area contributed by atoms with Gasteiger partial charge in [-0.25, -0.2) is 4.39 Å². The molecule has 0 saturated carbocycles. The van der Waals surface area contributed by atoms with Gasteiger partial charge in [0, 0.05) is 22.8 Å². The molecule has 1 amide bonds. The first-order valence-electron chi connectivity index (χ1n) is 8.78. The monoisotopic (exact) mass is 438 g/mol. The lowest BCUT2D eigenvalue weighted by Gasteiger charge is -2.19. The van der Waals surface area contributed by atoms with Gasteiger partial charge in [0.25, 0.3) is 5.91 Å². The molecule has 0 unspecified atom stereocenters. The molecule has 0 fully saturated rings. The van der Waals surface area contributed by atoms with E-state index in [2.05, 4.69) is 40.0 Å². The zero-order valence-corrected chi connectivity index (χ0v) is 17.3. The predicted octanol–water partition coefficient (Wildman–Crippen LogP) is 4.57. The predicted molar refractivity (Wildman–Crippen MR) is 108 cm³/mol. The highest BCUT2D eigenvalue weighted by atomic mass is 79.9. The maximum atomic E-state index is 13.4. The van der Waals surface area contributed by atoms with E-state index in [9.17, 15) is 9.18 Å². The Morgan fingerprint density at radius 1 is 1.15 bits per heavy atom. The van der Waals surface area contributed by atoms with Crippen molar-refractivity contribution in [3.8, 4) is 11.5 Å². The zero-order valence-electron chi connectivity index (χ0n) is 15.7. The highest BCUT2D eigenvalue weighted by Gasteiger charge is 2.13. The molecular formula is C20H24BrFN2O3. The zero-order chi connectivity index (χ0) is 19.8. The third-order valence-corrected chi connectivity index (χ3v) is 4.85. The van der Waals surface area contributed by atoms with Gasteiger partial charge in [-0.2, -0.15) is 0 Å². The second-order valence-corrected chi connectivity index (χ2v) is 6.67.